The Morgan fingerprint density at radius 3 is 2.30 bits per heavy atom. The van der Waals surface area contributed by atoms with Crippen molar-refractivity contribution in [1.82, 2.24) is 9.80 Å². The Hall–Kier alpha value is -1.59. The van der Waals surface area contributed by atoms with Crippen molar-refractivity contribution in [2.45, 2.75) is 45.1 Å². The summed E-state index contributed by atoms with van der Waals surface area (Å²) in [4.78, 5) is 16.5. The maximum Gasteiger partial charge on any atom is 0.260 e. The summed E-state index contributed by atoms with van der Waals surface area (Å²) in [5, 5.41) is 0. The van der Waals surface area contributed by atoms with Gasteiger partial charge in [-0.2, -0.15) is 0 Å². The van der Waals surface area contributed by atoms with Gasteiger partial charge in [0.15, 0.2) is 6.61 Å². The van der Waals surface area contributed by atoms with Crippen molar-refractivity contribution in [2.24, 2.45) is 5.41 Å². The molecule has 0 aromatic heterocycles. The fourth-order valence-corrected chi connectivity index (χ4v) is 4.64. The van der Waals surface area contributed by atoms with E-state index in [1.165, 1.54) is 44.3 Å². The minimum Gasteiger partial charge on any atom is -0.484 e. The first kappa shape index (κ1) is 18.8. The van der Waals surface area contributed by atoms with Gasteiger partial charge in [0.05, 0.1) is 0 Å². The number of amides is 1. The Bertz CT molecular complexity index is 609. The van der Waals surface area contributed by atoms with Gasteiger partial charge in [-0.1, -0.05) is 12.1 Å². The van der Waals surface area contributed by atoms with Crippen LogP contribution in [0.15, 0.2) is 24.3 Å². The molecule has 3 saturated heterocycles. The second-order valence-electron chi connectivity index (χ2n) is 8.41. The SMILES string of the molecule is O=C(COc1ccc(CN2CCC3(CCOCC3)CC2)cc1)N1CCCC1. The molecular weight excluding hydrogens is 340 g/mol. The molecule has 0 aliphatic carbocycles. The molecular formula is C22H32N2O3. The van der Waals surface area contributed by atoms with Gasteiger partial charge in [-0.15, -0.1) is 0 Å². The van der Waals surface area contributed by atoms with Crippen LogP contribution >= 0.6 is 0 Å². The van der Waals surface area contributed by atoms with E-state index >= 15 is 0 Å². The quantitative estimate of drug-likeness (QED) is 0.797. The van der Waals surface area contributed by atoms with Crippen molar-refractivity contribution in [3.8, 4) is 5.75 Å². The smallest absolute Gasteiger partial charge is 0.260 e. The summed E-state index contributed by atoms with van der Waals surface area (Å²) in [7, 11) is 0. The van der Waals surface area contributed by atoms with Crippen LogP contribution in [0.1, 0.15) is 44.1 Å². The zero-order valence-electron chi connectivity index (χ0n) is 16.3. The molecule has 5 nitrogen and oxygen atoms in total. The molecule has 0 radical (unpaired) electrons. The number of carbonyl (C=O) groups excluding carboxylic acids is 1. The second-order valence-corrected chi connectivity index (χ2v) is 8.41. The summed E-state index contributed by atoms with van der Waals surface area (Å²) in [6.07, 6.45) is 7.32. The summed E-state index contributed by atoms with van der Waals surface area (Å²) in [6.45, 7) is 7.17. The third-order valence-electron chi connectivity index (χ3n) is 6.62. The van der Waals surface area contributed by atoms with Crippen molar-refractivity contribution in [1.29, 1.82) is 0 Å². The van der Waals surface area contributed by atoms with Gasteiger partial charge in [0.1, 0.15) is 5.75 Å². The first-order valence-corrected chi connectivity index (χ1v) is 10.5. The van der Waals surface area contributed by atoms with E-state index in [2.05, 4.69) is 17.0 Å². The average Bonchev–Trinajstić information content (AvgIpc) is 3.25. The van der Waals surface area contributed by atoms with Gasteiger partial charge in [-0.05, 0) is 74.7 Å². The molecule has 3 heterocycles. The van der Waals surface area contributed by atoms with Crippen LogP contribution in [0.3, 0.4) is 0 Å². The number of likely N-dealkylation sites (tertiary alicyclic amines) is 2. The molecule has 0 unspecified atom stereocenters. The van der Waals surface area contributed by atoms with Gasteiger partial charge < -0.3 is 14.4 Å². The minimum atomic E-state index is 0.104. The number of ether oxygens (including phenoxy) is 2. The van der Waals surface area contributed by atoms with Crippen LogP contribution in [-0.2, 0) is 16.1 Å². The van der Waals surface area contributed by atoms with E-state index in [-0.39, 0.29) is 12.5 Å². The molecule has 3 aliphatic rings. The largest absolute Gasteiger partial charge is 0.484 e. The average molecular weight is 373 g/mol. The summed E-state index contributed by atoms with van der Waals surface area (Å²) in [6, 6.07) is 8.26. The highest BCUT2D eigenvalue weighted by Gasteiger charge is 2.35. The molecule has 1 amide bonds. The maximum absolute atomic E-state index is 12.1. The summed E-state index contributed by atoms with van der Waals surface area (Å²) >= 11 is 0. The molecule has 0 N–H and O–H groups in total. The molecule has 1 aromatic rings. The molecule has 0 atom stereocenters. The Balaban J connectivity index is 1.22. The molecule has 5 heteroatoms. The van der Waals surface area contributed by atoms with Gasteiger partial charge in [0, 0.05) is 32.8 Å². The van der Waals surface area contributed by atoms with Crippen LogP contribution in [0.5, 0.6) is 5.75 Å². The normalized spacial score (nSPS) is 22.9. The molecule has 0 saturated carbocycles. The number of rotatable bonds is 5. The number of nitrogens with zero attached hydrogens (tertiary/aromatic N) is 2. The monoisotopic (exact) mass is 372 g/mol. The van der Waals surface area contributed by atoms with Crippen LogP contribution in [0.2, 0.25) is 0 Å². The van der Waals surface area contributed by atoms with E-state index in [0.717, 1.165) is 51.4 Å². The molecule has 3 aliphatic heterocycles. The van der Waals surface area contributed by atoms with Crippen LogP contribution < -0.4 is 4.74 Å². The topological polar surface area (TPSA) is 42.0 Å². The van der Waals surface area contributed by atoms with Crippen molar-refractivity contribution >= 4 is 5.91 Å². The fraction of sp³-hybridized carbons (Fsp3) is 0.682. The number of hydrogen-bond donors (Lipinski definition) is 0. The fourth-order valence-electron chi connectivity index (χ4n) is 4.64. The summed E-state index contributed by atoms with van der Waals surface area (Å²) in [5.74, 6) is 0.887. The van der Waals surface area contributed by atoms with Crippen LogP contribution in [-0.4, -0.2) is 61.7 Å². The Kier molecular flexibility index (Phi) is 5.98. The van der Waals surface area contributed by atoms with Crippen LogP contribution in [0.25, 0.3) is 0 Å². The zero-order chi connectivity index (χ0) is 18.5. The molecule has 1 aromatic carbocycles. The van der Waals surface area contributed by atoms with Gasteiger partial charge in [0.25, 0.3) is 5.91 Å². The van der Waals surface area contributed by atoms with Crippen molar-refractivity contribution < 1.29 is 14.3 Å². The Morgan fingerprint density at radius 1 is 0.963 bits per heavy atom. The van der Waals surface area contributed by atoms with Gasteiger partial charge in [-0.25, -0.2) is 0 Å². The molecule has 27 heavy (non-hydrogen) atoms. The predicted molar refractivity (Wildman–Crippen MR) is 105 cm³/mol. The second kappa shape index (κ2) is 8.61. The first-order chi connectivity index (χ1) is 13.2. The third kappa shape index (κ3) is 4.82. The van der Waals surface area contributed by atoms with Crippen molar-refractivity contribution in [2.75, 3.05) is 46.0 Å². The lowest BCUT2D eigenvalue weighted by atomic mass is 9.72. The predicted octanol–water partition coefficient (Wildman–Crippen LogP) is 3.08. The standard InChI is InChI=1S/C22H32N2O3/c25-21(24-11-1-2-12-24)18-27-20-5-3-19(4-6-20)17-23-13-7-22(8-14-23)9-15-26-16-10-22/h3-6H,1-2,7-18H2. The van der Waals surface area contributed by atoms with Crippen molar-refractivity contribution in [3.05, 3.63) is 29.8 Å². The van der Waals surface area contributed by atoms with Crippen molar-refractivity contribution in [3.63, 3.8) is 0 Å². The van der Waals surface area contributed by atoms with Crippen LogP contribution in [0.4, 0.5) is 0 Å². The third-order valence-corrected chi connectivity index (χ3v) is 6.62. The molecule has 0 bridgehead atoms. The van der Waals surface area contributed by atoms with Crippen LogP contribution in [0, 0.1) is 5.41 Å². The Morgan fingerprint density at radius 2 is 1.63 bits per heavy atom. The zero-order valence-corrected chi connectivity index (χ0v) is 16.3. The van der Waals surface area contributed by atoms with E-state index in [1.54, 1.807) is 0 Å². The Labute approximate surface area is 162 Å². The molecule has 148 valence electrons. The molecule has 3 fully saturated rings. The number of piperidine rings is 1. The van der Waals surface area contributed by atoms with Gasteiger partial charge >= 0.3 is 0 Å². The molecule has 1 spiro atoms. The van der Waals surface area contributed by atoms with E-state index < -0.39 is 0 Å². The highest BCUT2D eigenvalue weighted by atomic mass is 16.5. The lowest BCUT2D eigenvalue weighted by molar-refractivity contribution is -0.132. The van der Waals surface area contributed by atoms with E-state index in [0.29, 0.717) is 5.41 Å². The first-order valence-electron chi connectivity index (χ1n) is 10.5. The number of benzene rings is 1. The van der Waals surface area contributed by atoms with Gasteiger partial charge in [0.2, 0.25) is 0 Å². The molecule has 4 rings (SSSR count). The lowest BCUT2D eigenvalue weighted by Gasteiger charge is -2.44. The number of hydrogen-bond acceptors (Lipinski definition) is 4. The highest BCUT2D eigenvalue weighted by molar-refractivity contribution is 5.78. The van der Waals surface area contributed by atoms with E-state index in [9.17, 15) is 4.79 Å². The maximum atomic E-state index is 12.1. The minimum absolute atomic E-state index is 0.104. The van der Waals surface area contributed by atoms with Gasteiger partial charge in [-0.3, -0.25) is 9.69 Å². The number of carbonyl (C=O) groups is 1. The summed E-state index contributed by atoms with van der Waals surface area (Å²) in [5.41, 5.74) is 1.87. The van der Waals surface area contributed by atoms with E-state index in [4.69, 9.17) is 9.47 Å². The highest BCUT2D eigenvalue weighted by Crippen LogP contribution is 2.40. The lowest BCUT2D eigenvalue weighted by Crippen LogP contribution is -2.42. The van der Waals surface area contributed by atoms with E-state index in [1.807, 2.05) is 17.0 Å². The summed E-state index contributed by atoms with van der Waals surface area (Å²) < 4.78 is 11.2.